The summed E-state index contributed by atoms with van der Waals surface area (Å²) in [5.74, 6) is 0.442. The molecule has 0 saturated heterocycles. The summed E-state index contributed by atoms with van der Waals surface area (Å²) in [4.78, 5) is 23.6. The van der Waals surface area contributed by atoms with Crippen molar-refractivity contribution in [1.29, 1.82) is 0 Å². The van der Waals surface area contributed by atoms with E-state index in [-0.39, 0.29) is 11.9 Å². The first-order valence-corrected chi connectivity index (χ1v) is 12.9. The normalized spacial score (nSPS) is 11.1. The van der Waals surface area contributed by atoms with Crippen LogP contribution >= 0.6 is 0 Å². The number of ether oxygens (including phenoxy) is 2. The van der Waals surface area contributed by atoms with Crippen LogP contribution < -0.4 is 0 Å². The summed E-state index contributed by atoms with van der Waals surface area (Å²) in [5, 5.41) is 0. The maximum atomic E-state index is 11.9. The molecule has 0 bridgehead atoms. The number of carbonyl (C=O) groups excluding carboxylic acids is 2. The van der Waals surface area contributed by atoms with E-state index in [1.165, 1.54) is 32.1 Å². The van der Waals surface area contributed by atoms with Crippen LogP contribution in [0.1, 0.15) is 136 Å². The lowest BCUT2D eigenvalue weighted by Crippen LogP contribution is -2.14. The third-order valence-electron chi connectivity index (χ3n) is 5.65. The summed E-state index contributed by atoms with van der Waals surface area (Å²) in [6, 6.07) is 0. The number of unbranched alkanes of at least 4 members (excludes halogenated alkanes) is 10. The van der Waals surface area contributed by atoms with Gasteiger partial charge in [-0.1, -0.05) is 91.4 Å². The van der Waals surface area contributed by atoms with E-state index >= 15 is 0 Å². The summed E-state index contributed by atoms with van der Waals surface area (Å²) < 4.78 is 10.8. The zero-order valence-corrected chi connectivity index (χ0v) is 20.4. The van der Waals surface area contributed by atoms with Gasteiger partial charge in [-0.2, -0.15) is 0 Å². The van der Waals surface area contributed by atoms with Gasteiger partial charge in [-0.05, 0) is 38.0 Å². The molecular weight excluding hydrogens is 376 g/mol. The van der Waals surface area contributed by atoms with Gasteiger partial charge >= 0.3 is 11.9 Å². The molecule has 0 spiro atoms. The Morgan fingerprint density at radius 2 is 1.03 bits per heavy atom. The molecule has 0 amide bonds. The molecule has 0 aromatic rings. The van der Waals surface area contributed by atoms with Gasteiger partial charge in [0.25, 0.3) is 0 Å². The van der Waals surface area contributed by atoms with Crippen LogP contribution in [0.3, 0.4) is 0 Å². The molecule has 0 heterocycles. The van der Waals surface area contributed by atoms with Gasteiger partial charge in [0.05, 0.1) is 13.2 Å². The van der Waals surface area contributed by atoms with Crippen LogP contribution in [0.4, 0.5) is 0 Å². The fraction of sp³-hybridized carbons (Fsp3) is 0.923. The second kappa shape index (κ2) is 22.6. The summed E-state index contributed by atoms with van der Waals surface area (Å²) in [6.45, 7) is 7.76. The Balaban J connectivity index is 3.42. The highest BCUT2D eigenvalue weighted by atomic mass is 16.5. The molecule has 0 aliphatic heterocycles. The Labute approximate surface area is 186 Å². The van der Waals surface area contributed by atoms with Gasteiger partial charge in [0.2, 0.25) is 0 Å². The Bertz CT molecular complexity index is 388. The topological polar surface area (TPSA) is 52.6 Å². The molecule has 0 N–H and O–H groups in total. The molecule has 0 rings (SSSR count). The maximum Gasteiger partial charge on any atom is 0.305 e. The molecular formula is C26H50O4. The van der Waals surface area contributed by atoms with Gasteiger partial charge in [-0.15, -0.1) is 0 Å². The van der Waals surface area contributed by atoms with Crippen molar-refractivity contribution in [2.45, 2.75) is 136 Å². The van der Waals surface area contributed by atoms with E-state index in [0.29, 0.717) is 32.0 Å². The van der Waals surface area contributed by atoms with Gasteiger partial charge in [0.1, 0.15) is 0 Å². The average molecular weight is 427 g/mol. The Morgan fingerprint density at radius 3 is 1.57 bits per heavy atom. The fourth-order valence-electron chi connectivity index (χ4n) is 3.80. The standard InChI is InChI=1S/C26H50O4/c1-4-7-8-9-14-17-22-29-25(27)20-15-12-10-11-13-16-21-26(28)30-23-24(18-5-2)19-6-3/h24H,4-23H2,1-3H3. The van der Waals surface area contributed by atoms with Crippen molar-refractivity contribution in [2.75, 3.05) is 13.2 Å². The van der Waals surface area contributed by atoms with Gasteiger partial charge in [-0.25, -0.2) is 0 Å². The van der Waals surface area contributed by atoms with E-state index in [2.05, 4.69) is 20.8 Å². The van der Waals surface area contributed by atoms with Gasteiger partial charge in [-0.3, -0.25) is 9.59 Å². The van der Waals surface area contributed by atoms with Crippen LogP contribution in [0.2, 0.25) is 0 Å². The summed E-state index contributed by atoms with van der Waals surface area (Å²) in [7, 11) is 0. The number of esters is 2. The van der Waals surface area contributed by atoms with E-state index in [0.717, 1.165) is 70.6 Å². The SMILES string of the molecule is CCCCCCCCOC(=O)CCCCCCCCC(=O)OCC(CCC)CCC. The predicted octanol–water partition coefficient (Wildman–Crippen LogP) is 7.77. The molecule has 4 nitrogen and oxygen atoms in total. The van der Waals surface area contributed by atoms with Crippen molar-refractivity contribution >= 4 is 11.9 Å². The van der Waals surface area contributed by atoms with Crippen molar-refractivity contribution in [3.8, 4) is 0 Å². The number of rotatable bonds is 22. The highest BCUT2D eigenvalue weighted by Gasteiger charge is 2.10. The lowest BCUT2D eigenvalue weighted by atomic mass is 9.99. The zero-order valence-electron chi connectivity index (χ0n) is 20.4. The van der Waals surface area contributed by atoms with Crippen molar-refractivity contribution in [2.24, 2.45) is 5.92 Å². The van der Waals surface area contributed by atoms with Crippen molar-refractivity contribution in [1.82, 2.24) is 0 Å². The molecule has 0 aliphatic carbocycles. The molecule has 0 fully saturated rings. The summed E-state index contributed by atoms with van der Waals surface area (Å²) in [6.07, 6.45) is 19.1. The first-order valence-electron chi connectivity index (χ1n) is 12.9. The van der Waals surface area contributed by atoms with Gasteiger partial charge in [0.15, 0.2) is 0 Å². The van der Waals surface area contributed by atoms with Crippen LogP contribution in [0, 0.1) is 5.92 Å². The minimum atomic E-state index is -0.0456. The lowest BCUT2D eigenvalue weighted by molar-refractivity contribution is -0.145. The van der Waals surface area contributed by atoms with E-state index in [9.17, 15) is 9.59 Å². The summed E-state index contributed by atoms with van der Waals surface area (Å²) >= 11 is 0. The molecule has 178 valence electrons. The van der Waals surface area contributed by atoms with Crippen molar-refractivity contribution in [3.63, 3.8) is 0 Å². The zero-order chi connectivity index (χ0) is 22.3. The van der Waals surface area contributed by atoms with Crippen molar-refractivity contribution < 1.29 is 19.1 Å². The highest BCUT2D eigenvalue weighted by molar-refractivity contribution is 5.69. The van der Waals surface area contributed by atoms with Gasteiger partial charge < -0.3 is 9.47 Å². The minimum absolute atomic E-state index is 0.0414. The molecule has 0 aromatic carbocycles. The molecule has 0 unspecified atom stereocenters. The molecule has 0 aliphatic rings. The quantitative estimate of drug-likeness (QED) is 0.131. The van der Waals surface area contributed by atoms with E-state index in [1.807, 2.05) is 0 Å². The Hall–Kier alpha value is -1.06. The average Bonchev–Trinajstić information content (AvgIpc) is 2.73. The predicted molar refractivity (Wildman–Crippen MR) is 126 cm³/mol. The lowest BCUT2D eigenvalue weighted by Gasteiger charge is -2.15. The van der Waals surface area contributed by atoms with Crippen LogP contribution in [0.25, 0.3) is 0 Å². The third-order valence-corrected chi connectivity index (χ3v) is 5.65. The fourth-order valence-corrected chi connectivity index (χ4v) is 3.80. The Morgan fingerprint density at radius 1 is 0.567 bits per heavy atom. The molecule has 0 radical (unpaired) electrons. The van der Waals surface area contributed by atoms with E-state index in [1.54, 1.807) is 0 Å². The van der Waals surface area contributed by atoms with E-state index in [4.69, 9.17) is 9.47 Å². The molecule has 30 heavy (non-hydrogen) atoms. The van der Waals surface area contributed by atoms with Gasteiger partial charge in [0, 0.05) is 12.8 Å². The Kier molecular flexibility index (Phi) is 21.8. The van der Waals surface area contributed by atoms with Crippen LogP contribution in [0.15, 0.2) is 0 Å². The van der Waals surface area contributed by atoms with Crippen LogP contribution in [-0.2, 0) is 19.1 Å². The largest absolute Gasteiger partial charge is 0.466 e. The number of hydrogen-bond donors (Lipinski definition) is 0. The number of carbonyl (C=O) groups is 2. The smallest absolute Gasteiger partial charge is 0.305 e. The molecule has 4 heteroatoms. The maximum absolute atomic E-state index is 11.9. The third kappa shape index (κ3) is 20.2. The number of hydrogen-bond acceptors (Lipinski definition) is 4. The van der Waals surface area contributed by atoms with Crippen LogP contribution in [0.5, 0.6) is 0 Å². The second-order valence-electron chi connectivity index (χ2n) is 8.74. The first kappa shape index (κ1) is 28.9. The highest BCUT2D eigenvalue weighted by Crippen LogP contribution is 2.15. The van der Waals surface area contributed by atoms with Crippen LogP contribution in [-0.4, -0.2) is 25.2 Å². The minimum Gasteiger partial charge on any atom is -0.466 e. The van der Waals surface area contributed by atoms with E-state index < -0.39 is 0 Å². The van der Waals surface area contributed by atoms with Crippen molar-refractivity contribution in [3.05, 3.63) is 0 Å². The monoisotopic (exact) mass is 426 g/mol. The molecule has 0 saturated carbocycles. The summed E-state index contributed by atoms with van der Waals surface area (Å²) in [5.41, 5.74) is 0. The first-order chi connectivity index (χ1) is 14.6. The molecule has 0 aromatic heterocycles. The second-order valence-corrected chi connectivity index (χ2v) is 8.74. The molecule has 0 atom stereocenters.